The number of unbranched alkanes of at least 4 members (excludes halogenated alkanes) is 6. The minimum absolute atomic E-state index is 0.0740. The summed E-state index contributed by atoms with van der Waals surface area (Å²) < 4.78 is 0. The molecule has 20 N–H and O–H groups in total. The number of hydrogen-bond donors (Lipinski definition) is 16. The third-order valence-corrected chi connectivity index (χ3v) is 13.8. The Hall–Kier alpha value is -6.68. The Bertz CT molecular complexity index is 2260. The largest absolute Gasteiger partial charge is 0.370 e. The first-order chi connectivity index (χ1) is 34.9. The van der Waals surface area contributed by atoms with E-state index in [4.69, 9.17) is 44.6 Å². The van der Waals surface area contributed by atoms with Crippen molar-refractivity contribution in [2.24, 2.45) is 22.9 Å². The molecule has 3 aromatic rings. The van der Waals surface area contributed by atoms with E-state index in [2.05, 4.69) is 84.1 Å². The van der Waals surface area contributed by atoms with Crippen LogP contribution in [0, 0.1) is 21.6 Å². The van der Waals surface area contributed by atoms with Crippen molar-refractivity contribution in [1.82, 2.24) is 21.3 Å². The maximum absolute atomic E-state index is 14.4. The summed E-state index contributed by atoms with van der Waals surface area (Å²) in [4.78, 5) is 57.1. The molecule has 4 amide bonds. The van der Waals surface area contributed by atoms with Crippen molar-refractivity contribution in [3.05, 3.63) is 70.8 Å². The Morgan fingerprint density at radius 3 is 1.07 bits per heavy atom. The van der Waals surface area contributed by atoms with Crippen LogP contribution in [-0.2, 0) is 20.4 Å². The molecule has 0 heterocycles. The van der Waals surface area contributed by atoms with Gasteiger partial charge in [0.05, 0.1) is 32.5 Å². The van der Waals surface area contributed by atoms with Crippen LogP contribution < -0.4 is 65.5 Å². The fourth-order valence-corrected chi connectivity index (χ4v) is 9.46. The summed E-state index contributed by atoms with van der Waals surface area (Å²) in [6, 6.07) is 14.3. The summed E-state index contributed by atoms with van der Waals surface area (Å²) in [5.74, 6) is -0.333. The quantitative estimate of drug-likeness (QED) is 0.0133. The zero-order valence-electron chi connectivity index (χ0n) is 44.1. The lowest BCUT2D eigenvalue weighted by Gasteiger charge is -2.25. The van der Waals surface area contributed by atoms with Crippen molar-refractivity contribution in [2.75, 3.05) is 59.0 Å². The molecule has 0 aromatic heterocycles. The molecule has 0 saturated carbocycles. The van der Waals surface area contributed by atoms with Crippen LogP contribution in [0.15, 0.2) is 58.3 Å². The van der Waals surface area contributed by atoms with Crippen LogP contribution in [0.1, 0.15) is 150 Å². The van der Waals surface area contributed by atoms with Crippen LogP contribution in [0.2, 0.25) is 0 Å². The molecule has 0 spiro atoms. The fourth-order valence-electron chi connectivity index (χ4n) is 7.29. The van der Waals surface area contributed by atoms with Crippen LogP contribution in [0.25, 0.3) is 0 Å². The van der Waals surface area contributed by atoms with Gasteiger partial charge in [-0.15, -0.1) is 23.5 Å². The van der Waals surface area contributed by atoms with E-state index in [1.54, 1.807) is 24.3 Å². The molecule has 0 unspecified atom stereocenters. The van der Waals surface area contributed by atoms with Gasteiger partial charge in [-0.25, -0.2) is 0 Å². The first-order valence-corrected chi connectivity index (χ1v) is 27.2. The Morgan fingerprint density at radius 1 is 0.446 bits per heavy atom. The molecule has 0 aliphatic heterocycles. The van der Waals surface area contributed by atoms with Gasteiger partial charge in [-0.1, -0.05) is 60.5 Å². The summed E-state index contributed by atoms with van der Waals surface area (Å²) in [7, 11) is 0. The van der Waals surface area contributed by atoms with E-state index >= 15 is 0 Å². The normalized spacial score (nSPS) is 11.2. The molecule has 74 heavy (non-hydrogen) atoms. The average molecular weight is 1060 g/mol. The number of rotatable bonds is 30. The summed E-state index contributed by atoms with van der Waals surface area (Å²) in [5, 5.41) is 53.4. The highest BCUT2D eigenvalue weighted by Crippen LogP contribution is 2.42. The molecule has 20 nitrogen and oxygen atoms in total. The molecule has 0 aliphatic carbocycles. The molecular weight excluding hydrogens is 977 g/mol. The van der Waals surface area contributed by atoms with Gasteiger partial charge in [0.1, 0.15) is 0 Å². The molecular formula is C52H82N16O4S2. The Balaban J connectivity index is 1.99. The predicted molar refractivity (Wildman–Crippen MR) is 306 cm³/mol. The Kier molecular flexibility index (Phi) is 25.9. The number of anilines is 4. The maximum Gasteiger partial charge on any atom is 0.255 e. The summed E-state index contributed by atoms with van der Waals surface area (Å²) >= 11 is 3.04. The second-order valence-electron chi connectivity index (χ2n) is 20.0. The maximum atomic E-state index is 14.4. The van der Waals surface area contributed by atoms with Gasteiger partial charge in [-0.05, 0) is 127 Å². The minimum Gasteiger partial charge on any atom is -0.370 e. The lowest BCUT2D eigenvalue weighted by atomic mass is 9.86. The second-order valence-corrected chi connectivity index (χ2v) is 22.2. The van der Waals surface area contributed by atoms with E-state index in [0.29, 0.717) is 95.9 Å². The average Bonchev–Trinajstić information content (AvgIpc) is 3.30. The van der Waals surface area contributed by atoms with Crippen molar-refractivity contribution in [3.8, 4) is 0 Å². The molecule has 0 bridgehead atoms. The monoisotopic (exact) mass is 1060 g/mol. The third kappa shape index (κ3) is 23.5. The molecule has 0 atom stereocenters. The lowest BCUT2D eigenvalue weighted by molar-refractivity contribution is -0.117. The number of hydrogen-bond acceptors (Lipinski definition) is 10. The summed E-state index contributed by atoms with van der Waals surface area (Å²) in [6.07, 6.45) is 7.88. The first-order valence-electron chi connectivity index (χ1n) is 25.2. The third-order valence-electron chi connectivity index (χ3n) is 11.4. The molecule has 22 heteroatoms. The van der Waals surface area contributed by atoms with Gasteiger partial charge in [-0.2, -0.15) is 0 Å². The van der Waals surface area contributed by atoms with Gasteiger partial charge >= 0.3 is 0 Å². The van der Waals surface area contributed by atoms with Crippen LogP contribution in [0.4, 0.5) is 22.7 Å². The van der Waals surface area contributed by atoms with E-state index in [0.717, 1.165) is 49.7 Å². The molecule has 3 aromatic carbocycles. The van der Waals surface area contributed by atoms with Crippen LogP contribution in [-0.4, -0.2) is 85.2 Å². The van der Waals surface area contributed by atoms with E-state index in [1.807, 2.05) is 24.3 Å². The van der Waals surface area contributed by atoms with Gasteiger partial charge in [0.25, 0.3) is 11.8 Å². The molecule has 0 fully saturated rings. The van der Waals surface area contributed by atoms with Crippen LogP contribution >= 0.6 is 23.5 Å². The molecule has 0 aliphatic rings. The van der Waals surface area contributed by atoms with Gasteiger partial charge in [0, 0.05) is 50.1 Å². The van der Waals surface area contributed by atoms with Crippen molar-refractivity contribution >= 4 is 93.7 Å². The van der Waals surface area contributed by atoms with Gasteiger partial charge in [0.15, 0.2) is 23.8 Å². The highest BCUT2D eigenvalue weighted by atomic mass is 32.2. The van der Waals surface area contributed by atoms with Crippen molar-refractivity contribution in [2.45, 2.75) is 139 Å². The molecule has 3 rings (SSSR count). The molecule has 406 valence electrons. The zero-order valence-corrected chi connectivity index (χ0v) is 45.7. The van der Waals surface area contributed by atoms with Gasteiger partial charge < -0.3 is 65.5 Å². The van der Waals surface area contributed by atoms with E-state index in [9.17, 15) is 19.2 Å². The lowest BCUT2D eigenvalue weighted by Crippen LogP contribution is -2.31. The van der Waals surface area contributed by atoms with Gasteiger partial charge in [-0.3, -0.25) is 40.8 Å². The second kappa shape index (κ2) is 31.1. The van der Waals surface area contributed by atoms with Crippen molar-refractivity contribution < 1.29 is 19.2 Å². The van der Waals surface area contributed by atoms with Crippen molar-refractivity contribution in [3.63, 3.8) is 0 Å². The van der Waals surface area contributed by atoms with Gasteiger partial charge in [0.2, 0.25) is 11.8 Å². The number of benzene rings is 3. The first kappa shape index (κ1) is 61.6. The number of nitrogens with two attached hydrogens (primary N) is 4. The van der Waals surface area contributed by atoms with Crippen molar-refractivity contribution in [1.29, 1.82) is 21.6 Å². The smallest absolute Gasteiger partial charge is 0.255 e. The summed E-state index contributed by atoms with van der Waals surface area (Å²) in [6.45, 7) is 14.4. The number of carbonyl (C=O) groups is 4. The number of amides is 4. The Morgan fingerprint density at radius 2 is 0.757 bits per heavy atom. The van der Waals surface area contributed by atoms with E-state index in [-0.39, 0.29) is 70.5 Å². The SMILES string of the molecule is CC(C)(C)c1cc(NC(=O)CCCCNC(=N)N)c(SCCCCCNC(=N)N)c(NC(=O)c2cccc(C(=O)Nc3cc(C(C)(C)C)cc(NC(=O)CCCCNC(=N)N)c3SCCCCCNC(=N)N)c2)c1. The molecule has 0 radical (unpaired) electrons. The zero-order chi connectivity index (χ0) is 54.8. The number of nitrogens with one attached hydrogen (secondary N) is 12. The number of carbonyl (C=O) groups excluding carboxylic acids is 4. The van der Waals surface area contributed by atoms with Crippen LogP contribution in [0.3, 0.4) is 0 Å². The topological polar surface area (TPSA) is 364 Å². The Labute approximate surface area is 445 Å². The minimum atomic E-state index is -0.454. The summed E-state index contributed by atoms with van der Waals surface area (Å²) in [5.41, 5.74) is 25.4. The molecule has 0 saturated heterocycles. The van der Waals surface area contributed by atoms with E-state index < -0.39 is 11.8 Å². The highest BCUT2D eigenvalue weighted by molar-refractivity contribution is 7.99. The number of guanidine groups is 4. The van der Waals surface area contributed by atoms with E-state index in [1.165, 1.54) is 23.5 Å². The fraction of sp³-hybridized carbons (Fsp3) is 0.500. The van der Waals surface area contributed by atoms with Crippen LogP contribution in [0.5, 0.6) is 0 Å². The highest BCUT2D eigenvalue weighted by Gasteiger charge is 2.25. The standard InChI is InChI=1S/C52H82N16O4S2/c1-51(2,3)35-29-37(65-41(69)20-9-13-24-63-49(57)58)43(73-26-15-7-11-22-61-47(53)54)39(31-35)67-45(71)33-18-17-19-34(28-33)46(72)68-40-32-36(52(4,5)6)30-38(66-42(70)21-10-14-25-64-50(59)60)44(40)74-27-16-8-12-23-62-48(55)56/h17-19,28-32H,7-16,20-27H2,1-6H3,(H,65,69)(H,66,70)(H,67,71)(H,68,72)(H4,53,54,61)(H4,55,56,62)(H4,57,58,63)(H4,59,60,64). The number of thioether (sulfide) groups is 2. The predicted octanol–water partition coefficient (Wildman–Crippen LogP) is 7.46.